The first-order valence-corrected chi connectivity index (χ1v) is 6.47. The van der Waals surface area contributed by atoms with Crippen molar-refractivity contribution < 1.29 is 4.74 Å². The number of hydrogen-bond acceptors (Lipinski definition) is 3. The van der Waals surface area contributed by atoms with Crippen LogP contribution in [0.2, 0.25) is 0 Å². The lowest BCUT2D eigenvalue weighted by atomic mass is 9.96. The molecule has 0 bridgehead atoms. The largest absolute Gasteiger partial charge is 0.501 e. The SMILES string of the molecule is CCOC=Cc1ccc(C(C#N)CC2CC2)cn1. The van der Waals surface area contributed by atoms with E-state index in [2.05, 4.69) is 11.1 Å². The maximum absolute atomic E-state index is 9.19. The third-order valence-corrected chi connectivity index (χ3v) is 3.14. The number of rotatable bonds is 6. The number of ether oxygens (including phenoxy) is 1. The van der Waals surface area contributed by atoms with Gasteiger partial charge < -0.3 is 4.74 Å². The van der Waals surface area contributed by atoms with Gasteiger partial charge in [0.2, 0.25) is 0 Å². The average Bonchev–Trinajstić information content (AvgIpc) is 3.21. The zero-order chi connectivity index (χ0) is 12.8. The molecule has 0 amide bonds. The number of aromatic nitrogens is 1. The van der Waals surface area contributed by atoms with Crippen LogP contribution in [0.4, 0.5) is 0 Å². The second-order valence-electron chi connectivity index (χ2n) is 4.64. The molecule has 2 rings (SSSR count). The first kappa shape index (κ1) is 12.6. The van der Waals surface area contributed by atoms with Gasteiger partial charge in [-0.2, -0.15) is 5.26 Å². The van der Waals surface area contributed by atoms with Crippen LogP contribution in [0, 0.1) is 17.2 Å². The van der Waals surface area contributed by atoms with E-state index in [0.29, 0.717) is 6.61 Å². The summed E-state index contributed by atoms with van der Waals surface area (Å²) in [4.78, 5) is 4.33. The number of nitrogens with zero attached hydrogens (tertiary/aromatic N) is 2. The molecule has 1 aliphatic rings. The molecule has 1 aliphatic carbocycles. The van der Waals surface area contributed by atoms with Gasteiger partial charge >= 0.3 is 0 Å². The lowest BCUT2D eigenvalue weighted by Crippen LogP contribution is -1.98. The fourth-order valence-corrected chi connectivity index (χ4v) is 1.89. The van der Waals surface area contributed by atoms with Crippen LogP contribution in [0.3, 0.4) is 0 Å². The van der Waals surface area contributed by atoms with Gasteiger partial charge in [-0.3, -0.25) is 4.98 Å². The van der Waals surface area contributed by atoms with Crippen LogP contribution in [-0.4, -0.2) is 11.6 Å². The van der Waals surface area contributed by atoms with Crippen LogP contribution in [-0.2, 0) is 4.74 Å². The molecule has 0 aromatic carbocycles. The van der Waals surface area contributed by atoms with Crippen molar-refractivity contribution in [2.45, 2.75) is 32.1 Å². The zero-order valence-electron chi connectivity index (χ0n) is 10.7. The quantitative estimate of drug-likeness (QED) is 0.717. The molecule has 0 aliphatic heterocycles. The highest BCUT2D eigenvalue weighted by Crippen LogP contribution is 2.38. The Bertz CT molecular complexity index is 441. The highest BCUT2D eigenvalue weighted by Gasteiger charge is 2.26. The number of hydrogen-bond donors (Lipinski definition) is 0. The van der Waals surface area contributed by atoms with E-state index in [1.54, 1.807) is 6.26 Å². The summed E-state index contributed by atoms with van der Waals surface area (Å²) in [6, 6.07) is 6.31. The molecule has 1 aromatic heterocycles. The maximum Gasteiger partial charge on any atom is 0.0850 e. The Balaban J connectivity index is 1.99. The van der Waals surface area contributed by atoms with Crippen molar-refractivity contribution in [3.63, 3.8) is 0 Å². The van der Waals surface area contributed by atoms with E-state index in [4.69, 9.17) is 4.74 Å². The summed E-state index contributed by atoms with van der Waals surface area (Å²) in [5.41, 5.74) is 1.88. The van der Waals surface area contributed by atoms with Gasteiger partial charge in [-0.05, 0) is 37.0 Å². The molecule has 1 saturated carbocycles. The molecule has 1 aromatic rings. The number of nitriles is 1. The summed E-state index contributed by atoms with van der Waals surface area (Å²) in [6.07, 6.45) is 8.82. The van der Waals surface area contributed by atoms with Crippen molar-refractivity contribution in [2.24, 2.45) is 5.92 Å². The summed E-state index contributed by atoms with van der Waals surface area (Å²) in [7, 11) is 0. The normalized spacial score (nSPS) is 16.4. The zero-order valence-corrected chi connectivity index (χ0v) is 10.7. The van der Waals surface area contributed by atoms with Gasteiger partial charge in [-0.25, -0.2) is 0 Å². The number of pyridine rings is 1. The Labute approximate surface area is 108 Å². The molecular weight excluding hydrogens is 224 g/mol. The molecule has 1 heterocycles. The van der Waals surface area contributed by atoms with Crippen molar-refractivity contribution >= 4 is 6.08 Å². The Kier molecular flexibility index (Phi) is 4.35. The molecule has 1 atom stereocenters. The van der Waals surface area contributed by atoms with Gasteiger partial charge in [0.1, 0.15) is 0 Å². The Hall–Kier alpha value is -1.82. The first-order valence-electron chi connectivity index (χ1n) is 6.47. The summed E-state index contributed by atoms with van der Waals surface area (Å²) in [5, 5.41) is 9.19. The van der Waals surface area contributed by atoms with Crippen LogP contribution in [0.5, 0.6) is 0 Å². The molecule has 0 spiro atoms. The first-order chi connectivity index (χ1) is 8.83. The summed E-state index contributed by atoms with van der Waals surface area (Å²) in [5.74, 6) is 0.752. The van der Waals surface area contributed by atoms with Gasteiger partial charge in [0.25, 0.3) is 0 Å². The van der Waals surface area contributed by atoms with Crippen molar-refractivity contribution in [3.05, 3.63) is 35.8 Å². The molecule has 94 valence electrons. The summed E-state index contributed by atoms with van der Waals surface area (Å²) in [6.45, 7) is 2.60. The predicted molar refractivity (Wildman–Crippen MR) is 70.6 cm³/mol. The Morgan fingerprint density at radius 3 is 2.94 bits per heavy atom. The van der Waals surface area contributed by atoms with E-state index in [1.807, 2.05) is 31.3 Å². The highest BCUT2D eigenvalue weighted by molar-refractivity contribution is 5.43. The molecular formula is C15H18N2O. The van der Waals surface area contributed by atoms with Crippen molar-refractivity contribution in [2.75, 3.05) is 6.61 Å². The van der Waals surface area contributed by atoms with Crippen LogP contribution >= 0.6 is 0 Å². The molecule has 3 nitrogen and oxygen atoms in total. The smallest absolute Gasteiger partial charge is 0.0850 e. The molecule has 0 N–H and O–H groups in total. The van der Waals surface area contributed by atoms with Crippen LogP contribution in [0.1, 0.15) is 43.4 Å². The van der Waals surface area contributed by atoms with E-state index >= 15 is 0 Å². The predicted octanol–water partition coefficient (Wildman–Crippen LogP) is 3.50. The van der Waals surface area contributed by atoms with Crippen LogP contribution in [0.15, 0.2) is 24.6 Å². The van der Waals surface area contributed by atoms with Crippen molar-refractivity contribution in [1.29, 1.82) is 5.26 Å². The standard InChI is InChI=1S/C15H18N2O/c1-2-18-8-7-15-6-5-13(11-17-15)14(10-16)9-12-3-4-12/h5-8,11-12,14H,2-4,9H2,1H3. The van der Waals surface area contributed by atoms with E-state index in [1.165, 1.54) is 12.8 Å². The third-order valence-electron chi connectivity index (χ3n) is 3.14. The van der Waals surface area contributed by atoms with Crippen molar-refractivity contribution in [3.8, 4) is 6.07 Å². The fourth-order valence-electron chi connectivity index (χ4n) is 1.89. The second kappa shape index (κ2) is 6.20. The fraction of sp³-hybridized carbons (Fsp3) is 0.467. The van der Waals surface area contributed by atoms with E-state index in [-0.39, 0.29) is 5.92 Å². The maximum atomic E-state index is 9.19. The molecule has 1 unspecified atom stereocenters. The Morgan fingerprint density at radius 1 is 1.56 bits per heavy atom. The second-order valence-corrected chi connectivity index (χ2v) is 4.64. The van der Waals surface area contributed by atoms with Gasteiger partial charge in [0.15, 0.2) is 0 Å². The Morgan fingerprint density at radius 2 is 2.39 bits per heavy atom. The summed E-state index contributed by atoms with van der Waals surface area (Å²) >= 11 is 0. The molecule has 0 saturated heterocycles. The van der Waals surface area contributed by atoms with Gasteiger partial charge in [0.05, 0.1) is 30.6 Å². The minimum Gasteiger partial charge on any atom is -0.501 e. The average molecular weight is 242 g/mol. The van der Waals surface area contributed by atoms with E-state index < -0.39 is 0 Å². The molecule has 18 heavy (non-hydrogen) atoms. The minimum absolute atomic E-state index is 0.00470. The molecule has 3 heteroatoms. The van der Waals surface area contributed by atoms with E-state index in [0.717, 1.165) is 23.6 Å². The minimum atomic E-state index is -0.00470. The highest BCUT2D eigenvalue weighted by atomic mass is 16.5. The lowest BCUT2D eigenvalue weighted by Gasteiger charge is -2.07. The van der Waals surface area contributed by atoms with Gasteiger partial charge in [-0.1, -0.05) is 18.9 Å². The van der Waals surface area contributed by atoms with Gasteiger partial charge in [0, 0.05) is 6.20 Å². The van der Waals surface area contributed by atoms with Crippen LogP contribution < -0.4 is 0 Å². The topological polar surface area (TPSA) is 45.9 Å². The van der Waals surface area contributed by atoms with Gasteiger partial charge in [-0.15, -0.1) is 0 Å². The van der Waals surface area contributed by atoms with Crippen molar-refractivity contribution in [1.82, 2.24) is 4.98 Å². The molecule has 1 fully saturated rings. The van der Waals surface area contributed by atoms with Crippen LogP contribution in [0.25, 0.3) is 6.08 Å². The summed E-state index contributed by atoms with van der Waals surface area (Å²) < 4.78 is 5.12. The monoisotopic (exact) mass is 242 g/mol. The van der Waals surface area contributed by atoms with E-state index in [9.17, 15) is 5.26 Å². The lowest BCUT2D eigenvalue weighted by molar-refractivity contribution is 0.272. The molecule has 0 radical (unpaired) electrons. The third kappa shape index (κ3) is 3.59.